The number of primary sulfonamides is 1. The van der Waals surface area contributed by atoms with Gasteiger partial charge in [0.1, 0.15) is 0 Å². The highest BCUT2D eigenvalue weighted by Crippen LogP contribution is 2.38. The first-order chi connectivity index (χ1) is 17.7. The van der Waals surface area contributed by atoms with Gasteiger partial charge in [0.25, 0.3) is 5.91 Å². The summed E-state index contributed by atoms with van der Waals surface area (Å²) in [6.45, 7) is 3.93. The van der Waals surface area contributed by atoms with Crippen LogP contribution in [0.15, 0.2) is 106 Å². The zero-order chi connectivity index (χ0) is 26.2. The van der Waals surface area contributed by atoms with E-state index in [-0.39, 0.29) is 10.8 Å². The molecule has 5 rings (SSSR count). The topological polar surface area (TPSA) is 97.8 Å². The molecule has 0 saturated carbocycles. The van der Waals surface area contributed by atoms with Crippen LogP contribution in [0.2, 0.25) is 0 Å². The van der Waals surface area contributed by atoms with Gasteiger partial charge in [0, 0.05) is 17.1 Å². The van der Waals surface area contributed by atoms with E-state index in [1.807, 2.05) is 91.2 Å². The zero-order valence-corrected chi connectivity index (χ0v) is 21.8. The third-order valence-electron chi connectivity index (χ3n) is 5.98. The lowest BCUT2D eigenvalue weighted by atomic mass is 10.2. The lowest BCUT2D eigenvalue weighted by molar-refractivity contribution is -0.113. The Morgan fingerprint density at radius 2 is 1.49 bits per heavy atom. The highest BCUT2D eigenvalue weighted by molar-refractivity contribution is 8.19. The number of nitrogens with zero attached hydrogens (tertiary/aromatic N) is 3. The summed E-state index contributed by atoms with van der Waals surface area (Å²) in [5, 5.41) is 5.82. The number of aliphatic imine (C=N–C) groups is 1. The number of nitrogens with two attached hydrogens (primary N) is 1. The molecule has 1 aliphatic heterocycles. The van der Waals surface area contributed by atoms with Gasteiger partial charge in [-0.3, -0.25) is 9.69 Å². The second kappa shape index (κ2) is 9.85. The van der Waals surface area contributed by atoms with Crippen molar-refractivity contribution in [1.29, 1.82) is 0 Å². The van der Waals surface area contributed by atoms with Gasteiger partial charge >= 0.3 is 0 Å². The van der Waals surface area contributed by atoms with Gasteiger partial charge < -0.3 is 4.57 Å². The van der Waals surface area contributed by atoms with Crippen LogP contribution in [0, 0.1) is 13.8 Å². The molecular formula is C28H24N4O3S2. The Morgan fingerprint density at radius 3 is 2.11 bits per heavy atom. The van der Waals surface area contributed by atoms with Gasteiger partial charge in [-0.2, -0.15) is 0 Å². The van der Waals surface area contributed by atoms with Crippen molar-refractivity contribution in [2.45, 2.75) is 18.7 Å². The SMILES string of the molecule is Cc1cc(C=C2SC(=Nc3ccccc3)N(c3ccccc3)C2=O)c(C)n1-c1ccc(S(N)(=O)=O)cc1. The largest absolute Gasteiger partial charge is 0.318 e. The summed E-state index contributed by atoms with van der Waals surface area (Å²) in [6, 6.07) is 27.4. The number of carbonyl (C=O) groups is 1. The second-order valence-electron chi connectivity index (χ2n) is 8.52. The molecule has 2 N–H and O–H groups in total. The van der Waals surface area contributed by atoms with Crippen LogP contribution in [0.5, 0.6) is 0 Å². The van der Waals surface area contributed by atoms with Crippen LogP contribution in [0.25, 0.3) is 11.8 Å². The Labute approximate surface area is 220 Å². The number of aryl methyl sites for hydroxylation is 1. The maximum absolute atomic E-state index is 13.6. The van der Waals surface area contributed by atoms with Crippen molar-refractivity contribution in [2.24, 2.45) is 10.1 Å². The standard InChI is InChI=1S/C28H24N4O3S2/c1-19-17-21(20(2)31(19)24-13-15-25(16-14-24)37(29,34)35)18-26-27(33)32(23-11-7-4-8-12-23)28(36-26)30-22-9-5-3-6-10-22/h3-18H,1-2H3,(H2,29,34,35). The Bertz CT molecular complexity index is 1640. The molecule has 1 fully saturated rings. The molecular weight excluding hydrogens is 504 g/mol. The lowest BCUT2D eigenvalue weighted by Gasteiger charge is -2.15. The molecule has 0 bridgehead atoms. The second-order valence-corrected chi connectivity index (χ2v) is 11.1. The minimum atomic E-state index is -3.77. The summed E-state index contributed by atoms with van der Waals surface area (Å²) >= 11 is 1.33. The number of sulfonamides is 1. The number of carbonyl (C=O) groups excluding carboxylic acids is 1. The number of amidine groups is 1. The normalized spacial score (nSPS) is 16.2. The molecule has 1 aliphatic rings. The van der Waals surface area contributed by atoms with Gasteiger partial charge in [0.05, 0.1) is 21.2 Å². The molecule has 186 valence electrons. The van der Waals surface area contributed by atoms with Crippen molar-refractivity contribution < 1.29 is 13.2 Å². The predicted molar refractivity (Wildman–Crippen MR) is 150 cm³/mol. The van der Waals surface area contributed by atoms with E-state index >= 15 is 0 Å². The molecule has 0 radical (unpaired) electrons. The van der Waals surface area contributed by atoms with Crippen LogP contribution in [0.4, 0.5) is 11.4 Å². The van der Waals surface area contributed by atoms with Crippen LogP contribution < -0.4 is 10.0 Å². The van der Waals surface area contributed by atoms with Crippen molar-refractivity contribution in [2.75, 3.05) is 4.90 Å². The first kappa shape index (κ1) is 24.8. The van der Waals surface area contributed by atoms with Gasteiger partial charge in [-0.25, -0.2) is 18.5 Å². The quantitative estimate of drug-likeness (QED) is 0.344. The van der Waals surface area contributed by atoms with Crippen LogP contribution in [0.3, 0.4) is 0 Å². The number of amides is 1. The summed E-state index contributed by atoms with van der Waals surface area (Å²) in [5.74, 6) is -0.145. The third-order valence-corrected chi connectivity index (χ3v) is 7.88. The van der Waals surface area contributed by atoms with Crippen LogP contribution in [-0.4, -0.2) is 24.1 Å². The molecule has 0 unspecified atom stereocenters. The van der Waals surface area contributed by atoms with Crippen LogP contribution >= 0.6 is 11.8 Å². The molecule has 1 amide bonds. The van der Waals surface area contributed by atoms with E-state index < -0.39 is 10.0 Å². The summed E-state index contributed by atoms with van der Waals surface area (Å²) < 4.78 is 25.3. The molecule has 0 spiro atoms. The van der Waals surface area contributed by atoms with E-state index in [0.717, 1.165) is 34.0 Å². The Morgan fingerprint density at radius 1 is 0.865 bits per heavy atom. The van der Waals surface area contributed by atoms with E-state index in [1.165, 1.54) is 23.9 Å². The monoisotopic (exact) mass is 528 g/mol. The maximum Gasteiger partial charge on any atom is 0.271 e. The first-order valence-electron chi connectivity index (χ1n) is 11.5. The molecule has 3 aromatic carbocycles. The average molecular weight is 529 g/mol. The van der Waals surface area contributed by atoms with Crippen molar-refractivity contribution in [3.63, 3.8) is 0 Å². The number of rotatable bonds is 5. The van der Waals surface area contributed by atoms with E-state index in [4.69, 9.17) is 10.1 Å². The third kappa shape index (κ3) is 5.01. The molecule has 0 atom stereocenters. The number of aromatic nitrogens is 1. The Kier molecular flexibility index (Phi) is 6.59. The van der Waals surface area contributed by atoms with E-state index in [0.29, 0.717) is 10.1 Å². The van der Waals surface area contributed by atoms with Crippen molar-refractivity contribution >= 4 is 50.3 Å². The summed E-state index contributed by atoms with van der Waals surface area (Å²) in [5.41, 5.74) is 5.06. The fourth-order valence-corrected chi connectivity index (χ4v) is 5.73. The number of para-hydroxylation sites is 2. The van der Waals surface area contributed by atoms with E-state index in [2.05, 4.69) is 0 Å². The number of hydrogen-bond donors (Lipinski definition) is 1. The minimum Gasteiger partial charge on any atom is -0.318 e. The van der Waals surface area contributed by atoms with Gasteiger partial charge in [0.2, 0.25) is 10.0 Å². The molecule has 7 nitrogen and oxygen atoms in total. The summed E-state index contributed by atoms with van der Waals surface area (Å²) in [4.78, 5) is 20.6. The average Bonchev–Trinajstić information content (AvgIpc) is 3.34. The zero-order valence-electron chi connectivity index (χ0n) is 20.2. The predicted octanol–water partition coefficient (Wildman–Crippen LogP) is 5.55. The Balaban J connectivity index is 1.54. The van der Waals surface area contributed by atoms with Gasteiger partial charge in [-0.05, 0) is 91.8 Å². The first-order valence-corrected chi connectivity index (χ1v) is 13.8. The molecule has 4 aromatic rings. The molecule has 1 saturated heterocycles. The molecule has 1 aromatic heterocycles. The molecule has 2 heterocycles. The Hall–Kier alpha value is -3.92. The minimum absolute atomic E-state index is 0.0558. The summed E-state index contributed by atoms with van der Waals surface area (Å²) in [6.07, 6.45) is 1.88. The fourth-order valence-electron chi connectivity index (χ4n) is 4.22. The van der Waals surface area contributed by atoms with Gasteiger partial charge in [-0.15, -0.1) is 0 Å². The number of hydrogen-bond acceptors (Lipinski definition) is 5. The number of benzene rings is 3. The molecule has 37 heavy (non-hydrogen) atoms. The van der Waals surface area contributed by atoms with Crippen molar-refractivity contribution in [3.8, 4) is 5.69 Å². The van der Waals surface area contributed by atoms with Gasteiger partial charge in [-0.1, -0.05) is 36.4 Å². The molecule has 9 heteroatoms. The van der Waals surface area contributed by atoms with E-state index in [9.17, 15) is 13.2 Å². The van der Waals surface area contributed by atoms with Crippen molar-refractivity contribution in [1.82, 2.24) is 4.57 Å². The van der Waals surface area contributed by atoms with Gasteiger partial charge in [0.15, 0.2) is 5.17 Å². The van der Waals surface area contributed by atoms with Crippen LogP contribution in [-0.2, 0) is 14.8 Å². The van der Waals surface area contributed by atoms with E-state index in [1.54, 1.807) is 17.0 Å². The maximum atomic E-state index is 13.6. The van der Waals surface area contributed by atoms with Crippen LogP contribution in [0.1, 0.15) is 17.0 Å². The van der Waals surface area contributed by atoms with Crippen molar-refractivity contribution in [3.05, 3.63) is 113 Å². The number of thioether (sulfide) groups is 1. The fraction of sp³-hybridized carbons (Fsp3) is 0.0714. The molecule has 0 aliphatic carbocycles. The smallest absolute Gasteiger partial charge is 0.271 e. The summed E-state index contributed by atoms with van der Waals surface area (Å²) in [7, 11) is -3.77. The lowest BCUT2D eigenvalue weighted by Crippen LogP contribution is -2.28. The number of anilines is 1. The highest BCUT2D eigenvalue weighted by atomic mass is 32.2. The highest BCUT2D eigenvalue weighted by Gasteiger charge is 2.35.